The molecular formula is H4N4O12Pt. The van der Waals surface area contributed by atoms with Crippen molar-refractivity contribution in [2.45, 2.75) is 0 Å². The Morgan fingerprint density at radius 1 is 0.529 bits per heavy atom. The van der Waals surface area contributed by atoms with Crippen molar-refractivity contribution in [2.24, 2.45) is 0 Å². The summed E-state index contributed by atoms with van der Waals surface area (Å²) in [5.41, 5.74) is 0. The van der Waals surface area contributed by atoms with Gasteiger partial charge in [0.15, 0.2) is 0 Å². The van der Waals surface area contributed by atoms with Gasteiger partial charge in [0, 0.05) is 21.1 Å². The van der Waals surface area contributed by atoms with Crippen LogP contribution in [-0.4, -0.2) is 41.2 Å². The predicted molar refractivity (Wildman–Crippen MR) is 35.1 cm³/mol. The summed E-state index contributed by atoms with van der Waals surface area (Å²) in [5, 5.41) is 54.6. The molecule has 0 radical (unpaired) electrons. The van der Waals surface area contributed by atoms with Crippen molar-refractivity contribution < 1.29 is 62.2 Å². The summed E-state index contributed by atoms with van der Waals surface area (Å²) in [4.78, 5) is 33.4. The Labute approximate surface area is 103 Å². The van der Waals surface area contributed by atoms with E-state index in [9.17, 15) is 0 Å². The van der Waals surface area contributed by atoms with Crippen LogP contribution in [0.25, 0.3) is 0 Å². The van der Waals surface area contributed by atoms with Gasteiger partial charge in [-0.05, 0) is 0 Å². The molecule has 0 saturated carbocycles. The van der Waals surface area contributed by atoms with Crippen LogP contribution in [0.4, 0.5) is 0 Å². The molecule has 0 aromatic rings. The molecule has 0 aliphatic heterocycles. The van der Waals surface area contributed by atoms with Gasteiger partial charge in [-0.15, -0.1) is 40.5 Å². The second-order valence-corrected chi connectivity index (χ2v) is 0.951. The van der Waals surface area contributed by atoms with Crippen LogP contribution in [0.2, 0.25) is 0 Å². The summed E-state index contributed by atoms with van der Waals surface area (Å²) in [6, 6.07) is 0. The van der Waals surface area contributed by atoms with Crippen LogP contribution < -0.4 is 0 Å². The first-order valence-corrected chi connectivity index (χ1v) is 2.26. The predicted octanol–water partition coefficient (Wildman–Crippen LogP) is -1.39. The number of rotatable bonds is 0. The average molecular weight is 447 g/mol. The smallest absolute Gasteiger partial charge is 0.291 e. The molecule has 17 heteroatoms. The van der Waals surface area contributed by atoms with Crippen molar-refractivity contribution in [1.29, 1.82) is 0 Å². The van der Waals surface area contributed by atoms with Gasteiger partial charge in [0.25, 0.3) is 20.3 Å². The van der Waals surface area contributed by atoms with Crippen molar-refractivity contribution in [1.82, 2.24) is 0 Å². The molecule has 0 aromatic heterocycles. The first-order chi connectivity index (χ1) is 6.93. The van der Waals surface area contributed by atoms with Crippen molar-refractivity contribution in [3.8, 4) is 0 Å². The van der Waals surface area contributed by atoms with Crippen molar-refractivity contribution >= 4 is 0 Å². The van der Waals surface area contributed by atoms with E-state index in [0.717, 1.165) is 0 Å². The van der Waals surface area contributed by atoms with Crippen LogP contribution in [0.1, 0.15) is 0 Å². The molecule has 17 heavy (non-hydrogen) atoms. The zero-order valence-electron chi connectivity index (χ0n) is 7.16. The first kappa shape index (κ1) is 29.3. The van der Waals surface area contributed by atoms with Gasteiger partial charge < -0.3 is 20.8 Å². The van der Waals surface area contributed by atoms with E-state index < -0.39 is 20.3 Å². The molecule has 0 aliphatic carbocycles. The minimum Gasteiger partial charge on any atom is -0.328 e. The van der Waals surface area contributed by atoms with Gasteiger partial charge in [0.2, 0.25) is 0 Å². The third-order valence-corrected chi connectivity index (χ3v) is 0. The van der Waals surface area contributed by atoms with Crippen LogP contribution in [0.3, 0.4) is 0 Å². The molecule has 4 N–H and O–H groups in total. The zero-order valence-corrected chi connectivity index (χ0v) is 9.43. The first-order valence-electron chi connectivity index (χ1n) is 2.26. The van der Waals surface area contributed by atoms with Gasteiger partial charge in [-0.3, -0.25) is 0 Å². The van der Waals surface area contributed by atoms with Gasteiger partial charge in [-0.2, -0.15) is 0 Å². The fourth-order valence-electron chi connectivity index (χ4n) is 0. The van der Waals surface area contributed by atoms with Gasteiger partial charge in [0.1, 0.15) is 0 Å². The topological polar surface area (TPSA) is 253 Å². The van der Waals surface area contributed by atoms with E-state index in [-0.39, 0.29) is 21.1 Å². The average Bonchev–Trinajstić information content (AvgIpc) is 1.76. The van der Waals surface area contributed by atoms with Gasteiger partial charge in [0.05, 0.1) is 0 Å². The summed E-state index contributed by atoms with van der Waals surface area (Å²) in [5.74, 6) is 0. The van der Waals surface area contributed by atoms with E-state index in [0.29, 0.717) is 0 Å². The molecule has 16 nitrogen and oxygen atoms in total. The Balaban J connectivity index is -0.0000000369. The SMILES string of the molecule is O=[N+]([O-])O.O=[N+]([O-])O.O=[N+]([O-])O.O=[N+]([O-])O.[Pt]. The minimum atomic E-state index is -1.50. The molecule has 0 saturated heterocycles. The molecule has 0 unspecified atom stereocenters. The molecule has 0 aromatic carbocycles. The Hall–Kier alpha value is -2.51. The maximum absolute atomic E-state index is 8.36. The second-order valence-electron chi connectivity index (χ2n) is 0.951. The Bertz CT molecular complexity index is 159. The molecule has 0 atom stereocenters. The summed E-state index contributed by atoms with van der Waals surface area (Å²) in [7, 11) is 0. The van der Waals surface area contributed by atoms with Crippen LogP contribution in [0, 0.1) is 40.5 Å². The second kappa shape index (κ2) is 23.4. The molecule has 0 aliphatic rings. The fraction of sp³-hybridized carbons (Fsp3) is 0. The van der Waals surface area contributed by atoms with Crippen LogP contribution in [0.15, 0.2) is 0 Å². The molecule has 0 spiro atoms. The summed E-state index contributed by atoms with van der Waals surface area (Å²) in [6.45, 7) is 0. The number of nitrogens with zero attached hydrogens (tertiary/aromatic N) is 4. The summed E-state index contributed by atoms with van der Waals surface area (Å²) < 4.78 is 0. The van der Waals surface area contributed by atoms with E-state index in [1.54, 1.807) is 0 Å². The van der Waals surface area contributed by atoms with Crippen molar-refractivity contribution in [3.05, 3.63) is 40.5 Å². The van der Waals surface area contributed by atoms with E-state index in [2.05, 4.69) is 0 Å². The fourth-order valence-corrected chi connectivity index (χ4v) is 0. The van der Waals surface area contributed by atoms with E-state index in [1.165, 1.54) is 0 Å². The summed E-state index contributed by atoms with van der Waals surface area (Å²) >= 11 is 0. The molecule has 0 fully saturated rings. The monoisotopic (exact) mass is 447 g/mol. The third kappa shape index (κ3) is 282. The van der Waals surface area contributed by atoms with Gasteiger partial charge in [-0.1, -0.05) is 0 Å². The standard InChI is InChI=1S/4HNO3.Pt/c4*2-1(3)4;/h4*(H,2,3,4);. The molecule has 0 amide bonds. The van der Waals surface area contributed by atoms with Gasteiger partial charge >= 0.3 is 0 Å². The van der Waals surface area contributed by atoms with Gasteiger partial charge in [-0.25, -0.2) is 0 Å². The Morgan fingerprint density at radius 3 is 0.529 bits per heavy atom. The van der Waals surface area contributed by atoms with E-state index in [1.807, 2.05) is 0 Å². The summed E-state index contributed by atoms with van der Waals surface area (Å²) in [6.07, 6.45) is 0. The Kier molecular flexibility index (Phi) is 40.2. The largest absolute Gasteiger partial charge is 0.328 e. The van der Waals surface area contributed by atoms with Crippen LogP contribution >= 0.6 is 0 Å². The number of hydrogen-bond donors (Lipinski definition) is 4. The third-order valence-electron chi connectivity index (χ3n) is 0. The normalized spacial score (nSPS) is 5.65. The molecule has 106 valence electrons. The van der Waals surface area contributed by atoms with Crippen LogP contribution in [-0.2, 0) is 21.1 Å². The molecule has 0 bridgehead atoms. The van der Waals surface area contributed by atoms with E-state index >= 15 is 0 Å². The maximum atomic E-state index is 8.36. The van der Waals surface area contributed by atoms with Crippen molar-refractivity contribution in [2.75, 3.05) is 0 Å². The molecule has 0 rings (SSSR count). The van der Waals surface area contributed by atoms with E-state index in [4.69, 9.17) is 61.3 Å². The maximum Gasteiger partial charge on any atom is 0.291 e. The zero-order chi connectivity index (χ0) is 14.3. The quantitative estimate of drug-likeness (QED) is 0.247. The van der Waals surface area contributed by atoms with Crippen molar-refractivity contribution in [3.63, 3.8) is 0 Å². The molecule has 0 heterocycles. The van der Waals surface area contributed by atoms with Crippen LogP contribution in [0.5, 0.6) is 0 Å². The Morgan fingerprint density at radius 2 is 0.529 bits per heavy atom. The molecular weight excluding hydrogens is 443 g/mol. The number of hydrogen-bond acceptors (Lipinski definition) is 8. The minimum absolute atomic E-state index is 0.